The molecule has 4 rings (SSSR count). The number of thiophene rings is 1. The summed E-state index contributed by atoms with van der Waals surface area (Å²) in [6.07, 6.45) is 1.58. The predicted molar refractivity (Wildman–Crippen MR) is 120 cm³/mol. The average Bonchev–Trinajstić information content (AvgIpc) is 3.40. The van der Waals surface area contributed by atoms with Gasteiger partial charge in [-0.1, -0.05) is 36.4 Å². The maximum absolute atomic E-state index is 13.2. The molecule has 4 aromatic rings. The molecule has 0 atom stereocenters. The van der Waals surface area contributed by atoms with Gasteiger partial charge in [-0.15, -0.1) is 11.3 Å². The van der Waals surface area contributed by atoms with Crippen LogP contribution < -0.4 is 9.46 Å². The Labute approximate surface area is 179 Å². The second-order valence-corrected chi connectivity index (χ2v) is 9.16. The first-order valence-electron chi connectivity index (χ1n) is 9.46. The van der Waals surface area contributed by atoms with Gasteiger partial charge >= 0.3 is 0 Å². The van der Waals surface area contributed by atoms with Crippen LogP contribution >= 0.6 is 11.3 Å². The highest BCUT2D eigenvalue weighted by atomic mass is 32.2. The van der Waals surface area contributed by atoms with Gasteiger partial charge < -0.3 is 4.74 Å². The first kappa shape index (κ1) is 20.2. The second-order valence-electron chi connectivity index (χ2n) is 6.57. The van der Waals surface area contributed by atoms with Crippen molar-refractivity contribution in [1.82, 2.24) is 9.78 Å². The number of nitrogens with zero attached hydrogens (tertiary/aromatic N) is 2. The Morgan fingerprint density at radius 1 is 1.03 bits per heavy atom. The predicted octanol–water partition coefficient (Wildman–Crippen LogP) is 4.86. The Hall–Kier alpha value is -3.10. The lowest BCUT2D eigenvalue weighted by Crippen LogP contribution is -2.13. The smallest absolute Gasteiger partial charge is 0.265 e. The van der Waals surface area contributed by atoms with E-state index in [1.807, 2.05) is 54.8 Å². The number of benzene rings is 2. The van der Waals surface area contributed by atoms with E-state index in [9.17, 15) is 8.42 Å². The number of aromatic nitrogens is 2. The number of sulfonamides is 1. The fourth-order valence-electron chi connectivity index (χ4n) is 3.03. The summed E-state index contributed by atoms with van der Waals surface area (Å²) in [4.78, 5) is 0.948. The van der Waals surface area contributed by atoms with Crippen molar-refractivity contribution in [1.29, 1.82) is 0 Å². The molecule has 0 bridgehead atoms. The van der Waals surface area contributed by atoms with Gasteiger partial charge in [-0.2, -0.15) is 5.10 Å². The SMILES string of the molecule is CCOc1ccc(NS(=O)(=O)c2cn(Cc3ccccc3)nc2-c2cccs2)cc1. The van der Waals surface area contributed by atoms with Crippen molar-refractivity contribution >= 4 is 27.0 Å². The molecule has 6 nitrogen and oxygen atoms in total. The van der Waals surface area contributed by atoms with Crippen LogP contribution in [0.15, 0.2) is 83.2 Å². The van der Waals surface area contributed by atoms with E-state index in [0.29, 0.717) is 30.3 Å². The molecule has 1 N–H and O–H groups in total. The largest absolute Gasteiger partial charge is 0.494 e. The highest BCUT2D eigenvalue weighted by molar-refractivity contribution is 7.92. The molecule has 0 aliphatic carbocycles. The molecule has 0 saturated carbocycles. The third kappa shape index (κ3) is 4.55. The molecular weight excluding hydrogens is 418 g/mol. The molecule has 0 aliphatic rings. The van der Waals surface area contributed by atoms with Gasteiger partial charge in [-0.3, -0.25) is 9.40 Å². The Kier molecular flexibility index (Phi) is 5.87. The number of hydrogen-bond donors (Lipinski definition) is 1. The van der Waals surface area contributed by atoms with Crippen LogP contribution in [0, 0.1) is 0 Å². The topological polar surface area (TPSA) is 73.2 Å². The van der Waals surface area contributed by atoms with Crippen molar-refractivity contribution in [2.24, 2.45) is 0 Å². The van der Waals surface area contributed by atoms with Crippen molar-refractivity contribution in [3.05, 3.63) is 83.9 Å². The minimum Gasteiger partial charge on any atom is -0.494 e. The average molecular weight is 440 g/mol. The van der Waals surface area contributed by atoms with Gasteiger partial charge in [0.2, 0.25) is 0 Å². The number of anilines is 1. The van der Waals surface area contributed by atoms with Gasteiger partial charge in [0.05, 0.1) is 18.0 Å². The van der Waals surface area contributed by atoms with Crippen molar-refractivity contribution < 1.29 is 13.2 Å². The molecule has 154 valence electrons. The van der Waals surface area contributed by atoms with Crippen molar-refractivity contribution in [2.75, 3.05) is 11.3 Å². The lowest BCUT2D eigenvalue weighted by molar-refractivity contribution is 0.340. The summed E-state index contributed by atoms with van der Waals surface area (Å²) in [5.41, 5.74) is 1.95. The molecule has 0 spiro atoms. The number of ether oxygens (including phenoxy) is 1. The Bertz CT molecular complexity index is 1200. The second kappa shape index (κ2) is 8.73. The van der Waals surface area contributed by atoms with Crippen LogP contribution in [0.2, 0.25) is 0 Å². The number of rotatable bonds is 8. The zero-order valence-electron chi connectivity index (χ0n) is 16.4. The van der Waals surface area contributed by atoms with E-state index < -0.39 is 10.0 Å². The molecule has 2 aromatic heterocycles. The molecule has 0 radical (unpaired) electrons. The fourth-order valence-corrected chi connectivity index (χ4v) is 5.04. The van der Waals surface area contributed by atoms with Crippen LogP contribution in [0.1, 0.15) is 12.5 Å². The van der Waals surface area contributed by atoms with E-state index >= 15 is 0 Å². The molecule has 0 amide bonds. The molecule has 0 unspecified atom stereocenters. The van der Waals surface area contributed by atoms with Gasteiger partial charge in [-0.25, -0.2) is 8.42 Å². The van der Waals surface area contributed by atoms with E-state index in [4.69, 9.17) is 4.74 Å². The van der Waals surface area contributed by atoms with Crippen molar-refractivity contribution in [3.8, 4) is 16.3 Å². The van der Waals surface area contributed by atoms with E-state index in [1.54, 1.807) is 35.1 Å². The zero-order chi connectivity index (χ0) is 21.0. The van der Waals surface area contributed by atoms with Crippen molar-refractivity contribution in [3.63, 3.8) is 0 Å². The first-order chi connectivity index (χ1) is 14.5. The van der Waals surface area contributed by atoms with E-state index in [1.165, 1.54) is 11.3 Å². The molecule has 30 heavy (non-hydrogen) atoms. The highest BCUT2D eigenvalue weighted by Crippen LogP contribution is 2.31. The fraction of sp³-hybridized carbons (Fsp3) is 0.136. The lowest BCUT2D eigenvalue weighted by Gasteiger charge is -2.09. The maximum Gasteiger partial charge on any atom is 0.265 e. The summed E-state index contributed by atoms with van der Waals surface area (Å²) in [7, 11) is -3.83. The third-order valence-corrected chi connectivity index (χ3v) is 6.64. The third-order valence-electron chi connectivity index (χ3n) is 4.38. The normalized spacial score (nSPS) is 11.4. The highest BCUT2D eigenvalue weighted by Gasteiger charge is 2.24. The standard InChI is InChI=1S/C22H21N3O3S2/c1-2-28-19-12-10-18(11-13-19)24-30(26,27)21-16-25(15-17-7-4-3-5-8-17)23-22(21)20-9-6-14-29-20/h3-14,16,24H,2,15H2,1H3. The zero-order valence-corrected chi connectivity index (χ0v) is 18.0. The van der Waals surface area contributed by atoms with Crippen LogP contribution in [0.3, 0.4) is 0 Å². The molecule has 0 aliphatic heterocycles. The summed E-state index contributed by atoms with van der Waals surface area (Å²) >= 11 is 1.46. The molecule has 2 heterocycles. The first-order valence-corrected chi connectivity index (χ1v) is 11.8. The van der Waals surface area contributed by atoms with Crippen LogP contribution in [0.4, 0.5) is 5.69 Å². The van der Waals surface area contributed by atoms with E-state index in [-0.39, 0.29) is 4.90 Å². The number of hydrogen-bond acceptors (Lipinski definition) is 5. The van der Waals surface area contributed by atoms with E-state index in [0.717, 1.165) is 10.4 Å². The summed E-state index contributed by atoms with van der Waals surface area (Å²) in [6.45, 7) is 2.93. The maximum atomic E-state index is 13.2. The quantitative estimate of drug-likeness (QED) is 0.426. The summed E-state index contributed by atoms with van der Waals surface area (Å²) in [6, 6.07) is 20.4. The molecular formula is C22H21N3O3S2. The number of nitrogens with one attached hydrogen (secondary N) is 1. The lowest BCUT2D eigenvalue weighted by atomic mass is 10.2. The summed E-state index contributed by atoms with van der Waals surface area (Å²) in [5, 5.41) is 6.49. The van der Waals surface area contributed by atoms with Gasteiger partial charge in [0.1, 0.15) is 16.3 Å². The Balaban J connectivity index is 1.67. The molecule has 2 aromatic carbocycles. The minimum atomic E-state index is -3.83. The monoisotopic (exact) mass is 439 g/mol. The molecule has 8 heteroatoms. The van der Waals surface area contributed by atoms with Crippen LogP contribution in [-0.2, 0) is 16.6 Å². The van der Waals surface area contributed by atoms with Crippen LogP contribution in [0.25, 0.3) is 10.6 Å². The summed E-state index contributed by atoms with van der Waals surface area (Å²) < 4.78 is 36.1. The summed E-state index contributed by atoms with van der Waals surface area (Å²) in [5.74, 6) is 0.690. The van der Waals surface area contributed by atoms with E-state index in [2.05, 4.69) is 9.82 Å². The van der Waals surface area contributed by atoms with Crippen LogP contribution in [-0.4, -0.2) is 24.8 Å². The van der Waals surface area contributed by atoms with Gasteiger partial charge in [0.15, 0.2) is 0 Å². The van der Waals surface area contributed by atoms with Gasteiger partial charge in [0, 0.05) is 11.9 Å². The van der Waals surface area contributed by atoms with Crippen molar-refractivity contribution in [2.45, 2.75) is 18.4 Å². The van der Waals surface area contributed by atoms with Gasteiger partial charge in [-0.05, 0) is 48.2 Å². The van der Waals surface area contributed by atoms with Crippen LogP contribution in [0.5, 0.6) is 5.75 Å². The van der Waals surface area contributed by atoms with Gasteiger partial charge in [0.25, 0.3) is 10.0 Å². The molecule has 0 saturated heterocycles. The Morgan fingerprint density at radius 2 is 1.80 bits per heavy atom. The minimum absolute atomic E-state index is 0.148. The Morgan fingerprint density at radius 3 is 2.47 bits per heavy atom. The molecule has 0 fully saturated rings.